The number of nitrogens with two attached hydrogens (primary N) is 1. The van der Waals surface area contributed by atoms with Gasteiger partial charge < -0.3 is 47.5 Å². The lowest BCUT2D eigenvalue weighted by Crippen LogP contribution is -2.56. The number of aliphatic carboxylic acids is 1. The fraction of sp³-hybridized carbons (Fsp3) is 0.370. The van der Waals surface area contributed by atoms with Crippen molar-refractivity contribution in [3.63, 3.8) is 0 Å². The van der Waals surface area contributed by atoms with Gasteiger partial charge in [0.1, 0.15) is 25.4 Å². The number of nitrogens with zero attached hydrogens (tertiary/aromatic N) is 1. The molecule has 0 saturated carbocycles. The summed E-state index contributed by atoms with van der Waals surface area (Å²) in [7, 11) is 0. The van der Waals surface area contributed by atoms with Gasteiger partial charge in [-0.1, -0.05) is 30.3 Å². The van der Waals surface area contributed by atoms with E-state index in [0.29, 0.717) is 10.5 Å². The number of carboxylic acids is 1. The Morgan fingerprint density at radius 1 is 0.783 bits per heavy atom. The molecular formula is C27H34N8O11. The third kappa shape index (κ3) is 13.3. The second kappa shape index (κ2) is 18.9. The number of imide groups is 1. The molecule has 9 N–H and O–H groups in total. The summed E-state index contributed by atoms with van der Waals surface area (Å²) in [5.74, 6) is -7.49. The molecule has 0 aromatic heterocycles. The van der Waals surface area contributed by atoms with Crippen molar-refractivity contribution in [3.8, 4) is 0 Å². The van der Waals surface area contributed by atoms with E-state index in [-0.39, 0.29) is 13.2 Å². The maximum atomic E-state index is 12.8. The van der Waals surface area contributed by atoms with Crippen LogP contribution in [0.4, 0.5) is 0 Å². The number of ether oxygens (including phenoxy) is 1. The van der Waals surface area contributed by atoms with Crippen LogP contribution in [0, 0.1) is 0 Å². The minimum atomic E-state index is -1.47. The molecule has 0 saturated heterocycles. The maximum absolute atomic E-state index is 12.8. The second-order valence-electron chi connectivity index (χ2n) is 9.50. The zero-order valence-electron chi connectivity index (χ0n) is 24.4. The Balaban J connectivity index is 1.89. The highest BCUT2D eigenvalue weighted by Crippen LogP contribution is 2.09. The normalized spacial score (nSPS) is 13.3. The second-order valence-corrected chi connectivity index (χ2v) is 9.50. The first-order valence-electron chi connectivity index (χ1n) is 13.6. The van der Waals surface area contributed by atoms with Crippen LogP contribution in [0.3, 0.4) is 0 Å². The fourth-order valence-corrected chi connectivity index (χ4v) is 3.80. The van der Waals surface area contributed by atoms with E-state index in [1.807, 2.05) is 0 Å². The average molecular weight is 647 g/mol. The molecule has 0 aliphatic carbocycles. The van der Waals surface area contributed by atoms with Crippen molar-refractivity contribution in [1.82, 2.24) is 36.8 Å². The van der Waals surface area contributed by atoms with Crippen LogP contribution in [0.2, 0.25) is 0 Å². The molecule has 19 heteroatoms. The van der Waals surface area contributed by atoms with Crippen LogP contribution in [-0.4, -0.2) is 121 Å². The van der Waals surface area contributed by atoms with Gasteiger partial charge in [0.25, 0.3) is 11.8 Å². The van der Waals surface area contributed by atoms with Gasteiger partial charge in [0.2, 0.25) is 35.4 Å². The topological polar surface area (TPSA) is 285 Å². The smallest absolute Gasteiger partial charge is 0.317 e. The first-order valence-corrected chi connectivity index (χ1v) is 13.6. The van der Waals surface area contributed by atoms with E-state index in [1.165, 1.54) is 0 Å². The summed E-state index contributed by atoms with van der Waals surface area (Å²) >= 11 is 0. The summed E-state index contributed by atoms with van der Waals surface area (Å²) in [5.41, 5.74) is 5.60. The molecule has 0 bridgehead atoms. The molecule has 46 heavy (non-hydrogen) atoms. The lowest BCUT2D eigenvalue weighted by atomic mass is 10.1. The summed E-state index contributed by atoms with van der Waals surface area (Å²) in [4.78, 5) is 109. The average Bonchev–Trinajstić information content (AvgIpc) is 3.34. The van der Waals surface area contributed by atoms with Gasteiger partial charge in [-0.05, 0) is 5.56 Å². The molecule has 0 spiro atoms. The molecule has 1 aromatic carbocycles. The van der Waals surface area contributed by atoms with Crippen molar-refractivity contribution in [2.45, 2.75) is 18.5 Å². The van der Waals surface area contributed by atoms with Gasteiger partial charge in [-0.2, -0.15) is 0 Å². The number of hydrogen-bond acceptors (Lipinski definition) is 11. The number of carbonyl (C=O) groups is 9. The van der Waals surface area contributed by atoms with Crippen LogP contribution in [0.25, 0.3) is 0 Å². The van der Waals surface area contributed by atoms with Crippen LogP contribution in [-0.2, 0) is 54.3 Å². The minimum absolute atomic E-state index is 0.0336. The van der Waals surface area contributed by atoms with Gasteiger partial charge in [-0.15, -0.1) is 0 Å². The summed E-state index contributed by atoms with van der Waals surface area (Å²) < 4.78 is 4.81. The van der Waals surface area contributed by atoms with Gasteiger partial charge in [0.15, 0.2) is 0 Å². The third-order valence-electron chi connectivity index (χ3n) is 5.91. The largest absolute Gasteiger partial charge is 0.480 e. The van der Waals surface area contributed by atoms with Crippen molar-refractivity contribution in [1.29, 1.82) is 0 Å². The van der Waals surface area contributed by atoms with Crippen LogP contribution >= 0.6 is 0 Å². The molecule has 2 rings (SSSR count). The highest BCUT2D eigenvalue weighted by atomic mass is 16.5. The predicted molar refractivity (Wildman–Crippen MR) is 155 cm³/mol. The Morgan fingerprint density at radius 2 is 1.37 bits per heavy atom. The molecule has 19 nitrogen and oxygen atoms in total. The number of nitrogens with one attached hydrogen (secondary N) is 6. The molecule has 1 heterocycles. The molecule has 1 aliphatic heterocycles. The zero-order chi connectivity index (χ0) is 34.1. The molecule has 0 fully saturated rings. The van der Waals surface area contributed by atoms with E-state index in [9.17, 15) is 43.2 Å². The van der Waals surface area contributed by atoms with Crippen LogP contribution in [0.15, 0.2) is 42.5 Å². The van der Waals surface area contributed by atoms with E-state index < -0.39 is 105 Å². The van der Waals surface area contributed by atoms with Crippen molar-refractivity contribution < 1.29 is 53.0 Å². The van der Waals surface area contributed by atoms with E-state index >= 15 is 0 Å². The summed E-state index contributed by atoms with van der Waals surface area (Å²) in [6.45, 7) is -3.46. The molecule has 248 valence electrons. The van der Waals surface area contributed by atoms with E-state index in [0.717, 1.165) is 12.2 Å². The zero-order valence-corrected chi connectivity index (χ0v) is 24.4. The Labute approximate surface area is 261 Å². The summed E-state index contributed by atoms with van der Waals surface area (Å²) in [6.07, 6.45) is 1.91. The number of primary amides is 1. The Morgan fingerprint density at radius 3 is 1.98 bits per heavy atom. The molecular weight excluding hydrogens is 612 g/mol. The molecule has 1 aliphatic rings. The SMILES string of the molecule is NC(=O)COCNC(=O)CNC(=O)C(Cc1ccccc1)NC(=O)CNC(=O)CNC(=O)C(CNCC(=O)O)N1C(=O)C=CC1=O. The van der Waals surface area contributed by atoms with Crippen LogP contribution in [0.1, 0.15) is 5.56 Å². The molecule has 0 radical (unpaired) electrons. The van der Waals surface area contributed by atoms with Crippen LogP contribution < -0.4 is 37.6 Å². The Bertz CT molecular complexity index is 1330. The van der Waals surface area contributed by atoms with Gasteiger partial charge >= 0.3 is 5.97 Å². The maximum Gasteiger partial charge on any atom is 0.317 e. The quantitative estimate of drug-likeness (QED) is 0.0374. The van der Waals surface area contributed by atoms with E-state index in [2.05, 4.69) is 31.9 Å². The first-order chi connectivity index (χ1) is 21.9. The number of amides is 8. The Hall–Kier alpha value is -5.69. The molecule has 2 unspecified atom stereocenters. The number of benzene rings is 1. The lowest BCUT2D eigenvalue weighted by molar-refractivity contribution is -0.145. The van der Waals surface area contributed by atoms with E-state index in [4.69, 9.17) is 15.6 Å². The van der Waals surface area contributed by atoms with Gasteiger partial charge in [-0.25, -0.2) is 0 Å². The molecule has 2 atom stereocenters. The fourth-order valence-electron chi connectivity index (χ4n) is 3.80. The number of rotatable bonds is 20. The lowest BCUT2D eigenvalue weighted by Gasteiger charge is -2.25. The van der Waals surface area contributed by atoms with Crippen molar-refractivity contribution in [2.24, 2.45) is 5.73 Å². The van der Waals surface area contributed by atoms with Crippen LogP contribution in [0.5, 0.6) is 0 Å². The Kier molecular flexibility index (Phi) is 15.0. The summed E-state index contributed by atoms with van der Waals surface area (Å²) in [6, 6.07) is 5.99. The van der Waals surface area contributed by atoms with Crippen molar-refractivity contribution in [2.75, 3.05) is 46.1 Å². The molecule has 8 amide bonds. The number of hydrogen-bond donors (Lipinski definition) is 8. The van der Waals surface area contributed by atoms with Gasteiger partial charge in [0, 0.05) is 25.1 Å². The predicted octanol–water partition coefficient (Wildman–Crippen LogP) is -5.39. The number of carbonyl (C=O) groups excluding carboxylic acids is 8. The number of carboxylic acid groups (broad SMARTS) is 1. The summed E-state index contributed by atoms with van der Waals surface area (Å²) in [5, 5.41) is 22.9. The monoisotopic (exact) mass is 646 g/mol. The molecule has 1 aromatic rings. The first kappa shape index (κ1) is 36.5. The van der Waals surface area contributed by atoms with Gasteiger partial charge in [-0.3, -0.25) is 48.1 Å². The van der Waals surface area contributed by atoms with Crippen molar-refractivity contribution in [3.05, 3.63) is 48.0 Å². The highest BCUT2D eigenvalue weighted by molar-refractivity contribution is 6.15. The van der Waals surface area contributed by atoms with E-state index in [1.54, 1.807) is 30.3 Å². The minimum Gasteiger partial charge on any atom is -0.480 e. The van der Waals surface area contributed by atoms with Gasteiger partial charge in [0.05, 0.1) is 26.2 Å². The van der Waals surface area contributed by atoms with Crippen molar-refractivity contribution >= 4 is 53.2 Å². The standard InChI is InChI=1S/C27H34N8O11/c28-19(36)14-46-15-33-21(38)11-31-26(44)17(8-16-4-2-1-3-5-16)34-22(39)12-30-20(37)10-32-27(45)18(9-29-13-25(42)43)35-23(40)6-7-24(35)41/h1-7,17-18,29H,8-15H2,(H2,28,36)(H,30,37)(H,31,44)(H,32,45)(H,33,38)(H,34,39)(H,42,43). The highest BCUT2D eigenvalue weighted by Gasteiger charge is 2.35. The third-order valence-corrected chi connectivity index (χ3v) is 5.91.